The number of hydrogen-bond donors (Lipinski definition) is 2. The topological polar surface area (TPSA) is 102 Å². The van der Waals surface area contributed by atoms with Gasteiger partial charge in [0.05, 0.1) is 18.8 Å². The maximum absolute atomic E-state index is 11.9. The standard InChI is InChI=1S/C12H12N6O2/c19-11-7-18-10(6-14-11)9(16-17-18)5-15-12(20)8-3-1-2-4-13-8/h1-4H,5-7H2,(H,14,19)(H,15,20). The third-order valence-electron chi connectivity index (χ3n) is 2.98. The Kier molecular flexibility index (Phi) is 3.12. The van der Waals surface area contributed by atoms with Crippen LogP contribution in [0.25, 0.3) is 0 Å². The van der Waals surface area contributed by atoms with Crippen molar-refractivity contribution in [2.45, 2.75) is 19.6 Å². The maximum Gasteiger partial charge on any atom is 0.270 e. The lowest BCUT2D eigenvalue weighted by Gasteiger charge is -2.14. The Morgan fingerprint density at radius 2 is 2.35 bits per heavy atom. The van der Waals surface area contributed by atoms with Crippen molar-refractivity contribution in [3.63, 3.8) is 0 Å². The van der Waals surface area contributed by atoms with Crippen LogP contribution in [0, 0.1) is 0 Å². The summed E-state index contributed by atoms with van der Waals surface area (Å²) >= 11 is 0. The fourth-order valence-corrected chi connectivity index (χ4v) is 1.95. The molecule has 3 heterocycles. The molecule has 1 aliphatic rings. The van der Waals surface area contributed by atoms with Crippen molar-refractivity contribution in [1.82, 2.24) is 30.6 Å². The summed E-state index contributed by atoms with van der Waals surface area (Å²) in [5.74, 6) is -0.362. The molecule has 0 aromatic carbocycles. The summed E-state index contributed by atoms with van der Waals surface area (Å²) in [6.07, 6.45) is 1.56. The summed E-state index contributed by atoms with van der Waals surface area (Å²) in [5.41, 5.74) is 1.81. The lowest BCUT2D eigenvalue weighted by molar-refractivity contribution is -0.122. The first kappa shape index (κ1) is 12.3. The second kappa shape index (κ2) is 5.08. The highest BCUT2D eigenvalue weighted by atomic mass is 16.2. The van der Waals surface area contributed by atoms with Gasteiger partial charge in [-0.15, -0.1) is 5.10 Å². The smallest absolute Gasteiger partial charge is 0.270 e. The highest BCUT2D eigenvalue weighted by Gasteiger charge is 2.20. The van der Waals surface area contributed by atoms with Crippen molar-refractivity contribution in [3.05, 3.63) is 41.5 Å². The Bertz CT molecular complexity index is 651. The second-order valence-electron chi connectivity index (χ2n) is 4.31. The van der Waals surface area contributed by atoms with Crippen LogP contribution >= 0.6 is 0 Å². The van der Waals surface area contributed by atoms with E-state index in [0.717, 1.165) is 5.69 Å². The number of hydrogen-bond acceptors (Lipinski definition) is 5. The molecule has 1 aliphatic heterocycles. The third kappa shape index (κ3) is 2.35. The third-order valence-corrected chi connectivity index (χ3v) is 2.98. The first-order valence-electron chi connectivity index (χ1n) is 6.11. The van der Waals surface area contributed by atoms with Crippen LogP contribution in [-0.4, -0.2) is 31.8 Å². The van der Waals surface area contributed by atoms with E-state index in [2.05, 4.69) is 25.9 Å². The zero-order valence-electron chi connectivity index (χ0n) is 10.5. The fraction of sp³-hybridized carbons (Fsp3) is 0.250. The molecule has 2 amide bonds. The van der Waals surface area contributed by atoms with Crippen LogP contribution < -0.4 is 10.6 Å². The Labute approximate surface area is 114 Å². The maximum atomic E-state index is 11.9. The average molecular weight is 272 g/mol. The Morgan fingerprint density at radius 3 is 3.15 bits per heavy atom. The van der Waals surface area contributed by atoms with Gasteiger partial charge in [-0.05, 0) is 12.1 Å². The van der Waals surface area contributed by atoms with Crippen LogP contribution in [0.4, 0.5) is 0 Å². The van der Waals surface area contributed by atoms with Crippen LogP contribution in [0.15, 0.2) is 24.4 Å². The predicted octanol–water partition coefficient (Wildman–Crippen LogP) is -0.767. The summed E-state index contributed by atoms with van der Waals surface area (Å²) < 4.78 is 1.54. The molecule has 0 spiro atoms. The molecule has 2 aromatic rings. The Hall–Kier alpha value is -2.77. The van der Waals surface area contributed by atoms with E-state index in [4.69, 9.17) is 0 Å². The number of rotatable bonds is 3. The van der Waals surface area contributed by atoms with Gasteiger partial charge in [0.15, 0.2) is 0 Å². The minimum Gasteiger partial charge on any atom is -0.349 e. The van der Waals surface area contributed by atoms with Crippen molar-refractivity contribution in [3.8, 4) is 0 Å². The number of carbonyl (C=O) groups is 2. The molecule has 102 valence electrons. The van der Waals surface area contributed by atoms with Crippen LogP contribution in [0.5, 0.6) is 0 Å². The van der Waals surface area contributed by atoms with E-state index >= 15 is 0 Å². The largest absolute Gasteiger partial charge is 0.349 e. The Balaban J connectivity index is 1.68. The molecule has 8 nitrogen and oxygen atoms in total. The van der Waals surface area contributed by atoms with Gasteiger partial charge >= 0.3 is 0 Å². The van der Waals surface area contributed by atoms with Crippen molar-refractivity contribution < 1.29 is 9.59 Å². The van der Waals surface area contributed by atoms with Crippen LogP contribution in [0.2, 0.25) is 0 Å². The second-order valence-corrected chi connectivity index (χ2v) is 4.31. The average Bonchev–Trinajstić information content (AvgIpc) is 2.88. The molecular formula is C12H12N6O2. The van der Waals surface area contributed by atoms with Crippen LogP contribution in [0.3, 0.4) is 0 Å². The molecule has 0 bridgehead atoms. The lowest BCUT2D eigenvalue weighted by Crippen LogP contribution is -2.35. The normalized spacial score (nSPS) is 13.5. The van der Waals surface area contributed by atoms with Gasteiger partial charge in [-0.1, -0.05) is 11.3 Å². The predicted molar refractivity (Wildman–Crippen MR) is 67.3 cm³/mol. The van der Waals surface area contributed by atoms with Crippen LogP contribution in [0.1, 0.15) is 21.9 Å². The quantitative estimate of drug-likeness (QED) is 0.764. The van der Waals surface area contributed by atoms with Gasteiger partial charge in [0.2, 0.25) is 5.91 Å². The van der Waals surface area contributed by atoms with Crippen LogP contribution in [-0.2, 0) is 24.4 Å². The molecule has 0 fully saturated rings. The monoisotopic (exact) mass is 272 g/mol. The number of amides is 2. The summed E-state index contributed by atoms with van der Waals surface area (Å²) in [4.78, 5) is 27.0. The number of nitrogens with zero attached hydrogens (tertiary/aromatic N) is 4. The Morgan fingerprint density at radius 1 is 1.45 bits per heavy atom. The molecular weight excluding hydrogens is 260 g/mol. The number of pyridine rings is 1. The number of aromatic nitrogens is 4. The molecule has 0 saturated carbocycles. The van der Waals surface area contributed by atoms with Gasteiger partial charge in [0, 0.05) is 6.20 Å². The van der Waals surface area contributed by atoms with Crippen molar-refractivity contribution >= 4 is 11.8 Å². The molecule has 20 heavy (non-hydrogen) atoms. The van der Waals surface area contributed by atoms with Crippen molar-refractivity contribution in [1.29, 1.82) is 0 Å². The van der Waals surface area contributed by atoms with E-state index in [-0.39, 0.29) is 24.9 Å². The summed E-state index contributed by atoms with van der Waals surface area (Å²) in [6.45, 7) is 0.789. The number of nitrogens with one attached hydrogen (secondary N) is 2. The van der Waals surface area contributed by atoms with E-state index in [1.54, 1.807) is 29.1 Å². The van der Waals surface area contributed by atoms with Gasteiger partial charge in [0.1, 0.15) is 17.9 Å². The molecule has 0 unspecified atom stereocenters. The lowest BCUT2D eigenvalue weighted by atomic mass is 10.2. The van der Waals surface area contributed by atoms with E-state index in [0.29, 0.717) is 17.9 Å². The zero-order valence-corrected chi connectivity index (χ0v) is 10.5. The first-order chi connectivity index (χ1) is 9.74. The van der Waals surface area contributed by atoms with E-state index in [1.807, 2.05) is 0 Å². The van der Waals surface area contributed by atoms with Gasteiger partial charge in [-0.2, -0.15) is 0 Å². The SMILES string of the molecule is O=C1Cn2nnc(CNC(=O)c3ccccn3)c2CN1. The molecule has 2 aromatic heterocycles. The highest BCUT2D eigenvalue weighted by molar-refractivity contribution is 5.92. The first-order valence-corrected chi connectivity index (χ1v) is 6.11. The fourth-order valence-electron chi connectivity index (χ4n) is 1.95. The van der Waals surface area contributed by atoms with E-state index in [1.165, 1.54) is 0 Å². The number of carbonyl (C=O) groups excluding carboxylic acids is 2. The molecule has 0 atom stereocenters. The van der Waals surface area contributed by atoms with Gasteiger partial charge in [0.25, 0.3) is 5.91 Å². The summed E-state index contributed by atoms with van der Waals surface area (Å²) in [6, 6.07) is 5.13. The van der Waals surface area contributed by atoms with Crippen molar-refractivity contribution in [2.75, 3.05) is 0 Å². The highest BCUT2D eigenvalue weighted by Crippen LogP contribution is 2.09. The minimum absolute atomic E-state index is 0.0912. The van der Waals surface area contributed by atoms with Gasteiger partial charge < -0.3 is 10.6 Å². The molecule has 0 aliphatic carbocycles. The molecule has 8 heteroatoms. The summed E-state index contributed by atoms with van der Waals surface area (Å²) in [7, 11) is 0. The van der Waals surface area contributed by atoms with E-state index < -0.39 is 0 Å². The molecule has 0 radical (unpaired) electrons. The number of fused-ring (bicyclic) bond motifs is 1. The summed E-state index contributed by atoms with van der Waals surface area (Å²) in [5, 5.41) is 13.3. The van der Waals surface area contributed by atoms with E-state index in [9.17, 15) is 9.59 Å². The van der Waals surface area contributed by atoms with Gasteiger partial charge in [-0.25, -0.2) is 4.68 Å². The molecule has 3 rings (SSSR count). The molecule has 2 N–H and O–H groups in total. The minimum atomic E-state index is -0.271. The molecule has 0 saturated heterocycles. The zero-order chi connectivity index (χ0) is 13.9. The van der Waals surface area contributed by atoms with Crippen molar-refractivity contribution in [2.24, 2.45) is 0 Å². The van der Waals surface area contributed by atoms with Gasteiger partial charge in [-0.3, -0.25) is 14.6 Å².